The quantitative estimate of drug-likeness (QED) is 0.795. The van der Waals surface area contributed by atoms with E-state index in [0.29, 0.717) is 5.75 Å². The first-order valence-electron chi connectivity index (χ1n) is 6.68. The average molecular weight is 314 g/mol. The topological polar surface area (TPSA) is 47.8 Å². The fraction of sp³-hybridized carbons (Fsp3) is 0.571. The number of rotatable bonds is 5. The maximum Gasteiger partial charge on any atom is 0.160 e. The van der Waals surface area contributed by atoms with Gasteiger partial charge in [-0.05, 0) is 38.8 Å². The Morgan fingerprint density at radius 2 is 2.15 bits per heavy atom. The van der Waals surface area contributed by atoms with Crippen molar-refractivity contribution < 1.29 is 4.21 Å². The molecule has 0 N–H and O–H groups in total. The molecule has 0 amide bonds. The van der Waals surface area contributed by atoms with Crippen LogP contribution in [0.5, 0.6) is 0 Å². The zero-order valence-electron chi connectivity index (χ0n) is 12.3. The van der Waals surface area contributed by atoms with Crippen molar-refractivity contribution in [2.24, 2.45) is 0 Å². The van der Waals surface area contributed by atoms with E-state index in [1.807, 2.05) is 26.1 Å². The van der Waals surface area contributed by atoms with Crippen LogP contribution in [0.2, 0.25) is 0 Å². The maximum absolute atomic E-state index is 11.3. The van der Waals surface area contributed by atoms with E-state index in [1.54, 1.807) is 6.26 Å². The van der Waals surface area contributed by atoms with E-state index < -0.39 is 10.8 Å². The standard InChI is InChI=1S/C14H20ClN3OS/c1-9-7-12-14(16-8-9)18(13(17-12)11(3)15)10(2)5-6-20(4)19/h7-8,10-11H,5-6H2,1-4H3. The Kier molecular flexibility index (Phi) is 4.81. The van der Waals surface area contributed by atoms with Gasteiger partial charge < -0.3 is 4.57 Å². The van der Waals surface area contributed by atoms with Gasteiger partial charge in [0, 0.05) is 35.0 Å². The van der Waals surface area contributed by atoms with E-state index in [4.69, 9.17) is 11.6 Å². The third-order valence-electron chi connectivity index (χ3n) is 3.31. The summed E-state index contributed by atoms with van der Waals surface area (Å²) in [6.07, 6.45) is 4.39. The Bertz CT molecular complexity index is 639. The molecule has 110 valence electrons. The number of imidazole rings is 1. The Morgan fingerprint density at radius 3 is 2.75 bits per heavy atom. The van der Waals surface area contributed by atoms with Crippen molar-refractivity contribution in [1.29, 1.82) is 0 Å². The van der Waals surface area contributed by atoms with Gasteiger partial charge in [-0.3, -0.25) is 4.21 Å². The molecule has 0 saturated carbocycles. The molecule has 3 unspecified atom stereocenters. The summed E-state index contributed by atoms with van der Waals surface area (Å²) in [5.74, 6) is 1.50. The first-order chi connectivity index (χ1) is 9.40. The molecule has 2 heterocycles. The smallest absolute Gasteiger partial charge is 0.160 e. The molecule has 4 nitrogen and oxygen atoms in total. The lowest BCUT2D eigenvalue weighted by atomic mass is 10.2. The Morgan fingerprint density at radius 1 is 1.45 bits per heavy atom. The van der Waals surface area contributed by atoms with Crippen molar-refractivity contribution in [2.75, 3.05) is 12.0 Å². The summed E-state index contributed by atoms with van der Waals surface area (Å²) in [5, 5.41) is -0.181. The highest BCUT2D eigenvalue weighted by Gasteiger charge is 2.20. The highest BCUT2D eigenvalue weighted by atomic mass is 35.5. The normalized spacial score (nSPS) is 16.2. The van der Waals surface area contributed by atoms with Crippen LogP contribution < -0.4 is 0 Å². The Hall–Kier alpha value is -0.940. The van der Waals surface area contributed by atoms with Gasteiger partial charge in [0.2, 0.25) is 0 Å². The molecule has 0 aliphatic heterocycles. The Balaban J connectivity index is 2.48. The van der Waals surface area contributed by atoms with Crippen LogP contribution in [0.25, 0.3) is 11.2 Å². The number of alkyl halides is 1. The zero-order valence-corrected chi connectivity index (χ0v) is 13.8. The summed E-state index contributed by atoms with van der Waals surface area (Å²) >= 11 is 6.26. The first-order valence-corrected chi connectivity index (χ1v) is 8.85. The minimum atomic E-state index is -0.790. The number of fused-ring (bicyclic) bond motifs is 1. The van der Waals surface area contributed by atoms with Gasteiger partial charge >= 0.3 is 0 Å². The minimum Gasteiger partial charge on any atom is -0.309 e. The number of hydrogen-bond acceptors (Lipinski definition) is 3. The van der Waals surface area contributed by atoms with Gasteiger partial charge in [0.25, 0.3) is 0 Å². The molecule has 0 bridgehead atoms. The van der Waals surface area contributed by atoms with Gasteiger partial charge in [-0.15, -0.1) is 11.6 Å². The van der Waals surface area contributed by atoms with Crippen molar-refractivity contribution in [2.45, 2.75) is 38.6 Å². The van der Waals surface area contributed by atoms with Crippen molar-refractivity contribution in [3.8, 4) is 0 Å². The van der Waals surface area contributed by atoms with Crippen LogP contribution in [0.4, 0.5) is 0 Å². The molecule has 0 aromatic carbocycles. The molecular weight excluding hydrogens is 294 g/mol. The van der Waals surface area contributed by atoms with E-state index in [-0.39, 0.29) is 11.4 Å². The third-order valence-corrected chi connectivity index (χ3v) is 4.32. The van der Waals surface area contributed by atoms with Gasteiger partial charge in [-0.2, -0.15) is 0 Å². The van der Waals surface area contributed by atoms with E-state index in [2.05, 4.69) is 21.5 Å². The van der Waals surface area contributed by atoms with Crippen LogP contribution in [-0.4, -0.2) is 30.8 Å². The largest absolute Gasteiger partial charge is 0.309 e. The zero-order chi connectivity index (χ0) is 14.9. The summed E-state index contributed by atoms with van der Waals surface area (Å²) in [6, 6.07) is 2.20. The lowest BCUT2D eigenvalue weighted by Gasteiger charge is -2.17. The summed E-state index contributed by atoms with van der Waals surface area (Å²) in [6.45, 7) is 6.01. The number of nitrogens with zero attached hydrogens (tertiary/aromatic N) is 3. The van der Waals surface area contributed by atoms with Gasteiger partial charge in [0.05, 0.1) is 5.38 Å². The number of pyridine rings is 1. The second-order valence-electron chi connectivity index (χ2n) is 5.23. The predicted octanol–water partition coefficient (Wildman–Crippen LogP) is 3.37. The molecule has 2 rings (SSSR count). The van der Waals surface area contributed by atoms with Crippen molar-refractivity contribution in [1.82, 2.24) is 14.5 Å². The minimum absolute atomic E-state index is 0.176. The molecule has 0 spiro atoms. The number of halogens is 1. The van der Waals surface area contributed by atoms with Gasteiger partial charge in [-0.25, -0.2) is 9.97 Å². The van der Waals surface area contributed by atoms with Crippen LogP contribution in [0, 0.1) is 6.92 Å². The first kappa shape index (κ1) is 15.4. The number of aryl methyl sites for hydroxylation is 1. The van der Waals surface area contributed by atoms with Gasteiger partial charge in [0.15, 0.2) is 5.65 Å². The van der Waals surface area contributed by atoms with E-state index >= 15 is 0 Å². The second kappa shape index (κ2) is 6.22. The Labute approximate surface area is 127 Å². The van der Waals surface area contributed by atoms with Crippen LogP contribution in [-0.2, 0) is 10.8 Å². The molecule has 20 heavy (non-hydrogen) atoms. The number of aromatic nitrogens is 3. The van der Waals surface area contributed by atoms with E-state index in [0.717, 1.165) is 29.0 Å². The monoisotopic (exact) mass is 313 g/mol. The second-order valence-corrected chi connectivity index (χ2v) is 7.44. The molecular formula is C14H20ClN3OS. The van der Waals surface area contributed by atoms with Crippen molar-refractivity contribution in [3.05, 3.63) is 23.7 Å². The molecule has 6 heteroatoms. The lowest BCUT2D eigenvalue weighted by molar-refractivity contribution is 0.520. The molecule has 2 aromatic rings. The van der Waals surface area contributed by atoms with Crippen LogP contribution >= 0.6 is 11.6 Å². The fourth-order valence-electron chi connectivity index (χ4n) is 2.28. The molecule has 0 fully saturated rings. The molecule has 0 radical (unpaired) electrons. The summed E-state index contributed by atoms with van der Waals surface area (Å²) in [4.78, 5) is 9.11. The number of hydrogen-bond donors (Lipinski definition) is 0. The predicted molar refractivity (Wildman–Crippen MR) is 84.8 cm³/mol. The van der Waals surface area contributed by atoms with E-state index in [9.17, 15) is 4.21 Å². The molecule has 0 aliphatic carbocycles. The van der Waals surface area contributed by atoms with Gasteiger partial charge in [-0.1, -0.05) is 0 Å². The summed E-state index contributed by atoms with van der Waals surface area (Å²) in [7, 11) is -0.790. The lowest BCUT2D eigenvalue weighted by Crippen LogP contribution is -2.13. The van der Waals surface area contributed by atoms with Crippen LogP contribution in [0.1, 0.15) is 43.1 Å². The van der Waals surface area contributed by atoms with Gasteiger partial charge in [0.1, 0.15) is 11.3 Å². The fourth-order valence-corrected chi connectivity index (χ4v) is 3.11. The highest BCUT2D eigenvalue weighted by Crippen LogP contribution is 2.28. The molecule has 0 aliphatic rings. The van der Waals surface area contributed by atoms with Crippen molar-refractivity contribution >= 4 is 33.6 Å². The van der Waals surface area contributed by atoms with Crippen LogP contribution in [0.15, 0.2) is 12.3 Å². The third kappa shape index (κ3) is 3.20. The molecule has 2 aromatic heterocycles. The molecule has 0 saturated heterocycles. The average Bonchev–Trinajstić information content (AvgIpc) is 2.74. The van der Waals surface area contributed by atoms with E-state index in [1.165, 1.54) is 0 Å². The summed E-state index contributed by atoms with van der Waals surface area (Å²) < 4.78 is 13.4. The van der Waals surface area contributed by atoms with Crippen molar-refractivity contribution in [3.63, 3.8) is 0 Å². The highest BCUT2D eigenvalue weighted by molar-refractivity contribution is 7.84. The maximum atomic E-state index is 11.3. The summed E-state index contributed by atoms with van der Waals surface area (Å²) in [5.41, 5.74) is 2.81. The SMILES string of the molecule is Cc1cnc2c(c1)nc(C(C)Cl)n2C(C)CCS(C)=O. The molecule has 3 atom stereocenters. The van der Waals surface area contributed by atoms with Crippen LogP contribution in [0.3, 0.4) is 0 Å².